The van der Waals surface area contributed by atoms with Crippen LogP contribution in [0, 0.1) is 17.7 Å². The number of rotatable bonds is 4. The van der Waals surface area contributed by atoms with Crippen molar-refractivity contribution in [3.63, 3.8) is 0 Å². The van der Waals surface area contributed by atoms with Crippen molar-refractivity contribution in [3.8, 4) is 0 Å². The second-order valence-corrected chi connectivity index (χ2v) is 5.87. The average Bonchev–Trinajstić information content (AvgIpc) is 2.92. The highest BCUT2D eigenvalue weighted by molar-refractivity contribution is 5.82. The summed E-state index contributed by atoms with van der Waals surface area (Å²) in [6.45, 7) is 4.07. The minimum Gasteiger partial charge on any atom is -0.469 e. The van der Waals surface area contributed by atoms with Gasteiger partial charge in [-0.2, -0.15) is 0 Å². The van der Waals surface area contributed by atoms with Gasteiger partial charge in [-0.25, -0.2) is 4.39 Å². The van der Waals surface area contributed by atoms with E-state index in [2.05, 4.69) is 15.2 Å². The summed E-state index contributed by atoms with van der Waals surface area (Å²) < 4.78 is 18.0. The lowest BCUT2D eigenvalue weighted by molar-refractivity contribution is -0.145. The van der Waals surface area contributed by atoms with Crippen molar-refractivity contribution in [2.45, 2.75) is 13.3 Å². The number of benzene rings is 1. The van der Waals surface area contributed by atoms with E-state index in [9.17, 15) is 9.18 Å². The van der Waals surface area contributed by atoms with Crippen molar-refractivity contribution < 1.29 is 13.9 Å². The lowest BCUT2D eigenvalue weighted by atomic mass is 9.99. The molecule has 1 aliphatic rings. The molecule has 2 rings (SSSR count). The number of halogens is 1. The number of esters is 1. The number of likely N-dealkylation sites (tertiary alicyclic amines) is 1. The predicted octanol–water partition coefficient (Wildman–Crippen LogP) is 1.68. The number of nitrogens with zero attached hydrogens (tertiary/aromatic N) is 2. The molecule has 0 saturated carbocycles. The third kappa shape index (κ3) is 4.43. The Hall–Kier alpha value is -2.11. The van der Waals surface area contributed by atoms with E-state index in [1.54, 1.807) is 13.1 Å². The molecule has 0 spiro atoms. The van der Waals surface area contributed by atoms with Crippen LogP contribution >= 0.6 is 0 Å². The summed E-state index contributed by atoms with van der Waals surface area (Å²) in [5.41, 5.74) is 0.940. The van der Waals surface area contributed by atoms with Crippen LogP contribution in [0.5, 0.6) is 0 Å². The zero-order valence-corrected chi connectivity index (χ0v) is 13.9. The van der Waals surface area contributed by atoms with Crippen LogP contribution in [0.4, 0.5) is 4.39 Å². The minimum atomic E-state index is -0.221. The molecule has 6 heteroatoms. The summed E-state index contributed by atoms with van der Waals surface area (Å²) in [5, 5.41) is 3.28. The van der Waals surface area contributed by atoms with Gasteiger partial charge in [0.2, 0.25) is 0 Å². The SMILES string of the molecule is CN=C(NCCc1cccc(F)c1)N1CC(C)C(C(=O)OC)C1. The fraction of sp³-hybridized carbons (Fsp3) is 0.529. The molecule has 1 saturated heterocycles. The van der Waals surface area contributed by atoms with E-state index in [0.717, 1.165) is 18.1 Å². The smallest absolute Gasteiger partial charge is 0.310 e. The van der Waals surface area contributed by atoms with E-state index in [0.29, 0.717) is 19.5 Å². The topological polar surface area (TPSA) is 53.9 Å². The highest BCUT2D eigenvalue weighted by Gasteiger charge is 2.36. The predicted molar refractivity (Wildman–Crippen MR) is 87.7 cm³/mol. The molecule has 1 aromatic rings. The number of methoxy groups -OCH3 is 1. The zero-order chi connectivity index (χ0) is 16.8. The van der Waals surface area contributed by atoms with Crippen molar-refractivity contribution >= 4 is 11.9 Å². The van der Waals surface area contributed by atoms with Crippen molar-refractivity contribution in [2.24, 2.45) is 16.8 Å². The Morgan fingerprint density at radius 2 is 2.26 bits per heavy atom. The van der Waals surface area contributed by atoms with Crippen LogP contribution in [0.3, 0.4) is 0 Å². The number of nitrogens with one attached hydrogen (secondary N) is 1. The van der Waals surface area contributed by atoms with Crippen molar-refractivity contribution in [1.29, 1.82) is 0 Å². The molecule has 0 aromatic heterocycles. The quantitative estimate of drug-likeness (QED) is 0.521. The molecule has 1 fully saturated rings. The number of ether oxygens (including phenoxy) is 1. The molecule has 126 valence electrons. The van der Waals surface area contributed by atoms with Crippen molar-refractivity contribution in [2.75, 3.05) is 33.8 Å². The van der Waals surface area contributed by atoms with Crippen molar-refractivity contribution in [3.05, 3.63) is 35.6 Å². The lowest BCUT2D eigenvalue weighted by Crippen LogP contribution is -2.41. The molecule has 0 aliphatic carbocycles. The summed E-state index contributed by atoms with van der Waals surface area (Å²) >= 11 is 0. The number of carbonyl (C=O) groups excluding carboxylic acids is 1. The largest absolute Gasteiger partial charge is 0.469 e. The van der Waals surface area contributed by atoms with E-state index >= 15 is 0 Å². The van der Waals surface area contributed by atoms with Gasteiger partial charge in [-0.15, -0.1) is 0 Å². The molecule has 2 unspecified atom stereocenters. The van der Waals surface area contributed by atoms with Crippen molar-refractivity contribution in [1.82, 2.24) is 10.2 Å². The van der Waals surface area contributed by atoms with Crippen LogP contribution in [0.25, 0.3) is 0 Å². The van der Waals surface area contributed by atoms with Gasteiger partial charge in [-0.1, -0.05) is 19.1 Å². The normalized spacial score (nSPS) is 21.4. The lowest BCUT2D eigenvalue weighted by Gasteiger charge is -2.21. The molecule has 23 heavy (non-hydrogen) atoms. The first-order valence-corrected chi connectivity index (χ1v) is 7.83. The Balaban J connectivity index is 1.87. The van der Waals surface area contributed by atoms with Gasteiger partial charge < -0.3 is 15.0 Å². The first kappa shape index (κ1) is 17.2. The van der Waals surface area contributed by atoms with E-state index in [4.69, 9.17) is 4.74 Å². The Morgan fingerprint density at radius 1 is 1.48 bits per heavy atom. The Bertz CT molecular complexity index is 577. The van der Waals surface area contributed by atoms with E-state index in [-0.39, 0.29) is 23.6 Å². The Morgan fingerprint density at radius 3 is 2.91 bits per heavy atom. The molecule has 1 heterocycles. The Labute approximate surface area is 136 Å². The number of hydrogen-bond donors (Lipinski definition) is 1. The van der Waals surface area contributed by atoms with Gasteiger partial charge in [0.15, 0.2) is 5.96 Å². The number of hydrogen-bond acceptors (Lipinski definition) is 3. The van der Waals surface area contributed by atoms with Gasteiger partial charge >= 0.3 is 5.97 Å². The summed E-state index contributed by atoms with van der Waals surface area (Å²) in [6, 6.07) is 6.59. The fourth-order valence-electron chi connectivity index (χ4n) is 2.94. The maximum Gasteiger partial charge on any atom is 0.310 e. The molecular formula is C17H24FN3O2. The standard InChI is InChI=1S/C17H24FN3O2/c1-12-10-21(11-15(12)16(22)23-3)17(19-2)20-8-7-13-5-4-6-14(18)9-13/h4-6,9,12,15H,7-8,10-11H2,1-3H3,(H,19,20). The first-order valence-electron chi connectivity index (χ1n) is 7.83. The van der Waals surface area contributed by atoms with Gasteiger partial charge in [0, 0.05) is 26.7 Å². The molecule has 1 aromatic carbocycles. The molecule has 1 N–H and O–H groups in total. The molecule has 0 bridgehead atoms. The summed E-state index contributed by atoms with van der Waals surface area (Å²) in [6.07, 6.45) is 0.709. The minimum absolute atomic E-state index is 0.123. The highest BCUT2D eigenvalue weighted by Crippen LogP contribution is 2.24. The van der Waals surface area contributed by atoms with Gasteiger partial charge in [0.05, 0.1) is 13.0 Å². The highest BCUT2D eigenvalue weighted by atomic mass is 19.1. The molecule has 1 aliphatic heterocycles. The van der Waals surface area contributed by atoms with Crippen LogP contribution in [-0.2, 0) is 16.0 Å². The maximum absolute atomic E-state index is 13.2. The third-order valence-electron chi connectivity index (χ3n) is 4.21. The van der Waals surface area contributed by atoms with E-state index in [1.165, 1.54) is 19.2 Å². The molecule has 0 amide bonds. The summed E-state index contributed by atoms with van der Waals surface area (Å²) in [4.78, 5) is 18.1. The molecular weight excluding hydrogens is 297 g/mol. The third-order valence-corrected chi connectivity index (χ3v) is 4.21. The van der Waals surface area contributed by atoms with Crippen LogP contribution in [0.1, 0.15) is 12.5 Å². The number of aliphatic imine (C=N–C) groups is 1. The van der Waals surface area contributed by atoms with Gasteiger partial charge in [0.1, 0.15) is 5.82 Å². The molecule has 0 radical (unpaired) electrons. The van der Waals surface area contributed by atoms with Crippen LogP contribution < -0.4 is 5.32 Å². The van der Waals surface area contributed by atoms with Crippen LogP contribution in [0.15, 0.2) is 29.3 Å². The fourth-order valence-corrected chi connectivity index (χ4v) is 2.94. The summed E-state index contributed by atoms with van der Waals surface area (Å²) in [7, 11) is 3.14. The van der Waals surface area contributed by atoms with E-state index < -0.39 is 0 Å². The summed E-state index contributed by atoms with van der Waals surface area (Å²) in [5.74, 6) is 0.474. The zero-order valence-electron chi connectivity index (χ0n) is 13.9. The average molecular weight is 321 g/mol. The van der Waals surface area contributed by atoms with Crippen LogP contribution in [-0.4, -0.2) is 50.6 Å². The Kier molecular flexibility index (Phi) is 5.96. The van der Waals surface area contributed by atoms with E-state index in [1.807, 2.05) is 13.0 Å². The molecule has 2 atom stereocenters. The molecule has 5 nitrogen and oxygen atoms in total. The van der Waals surface area contributed by atoms with Crippen LogP contribution in [0.2, 0.25) is 0 Å². The number of guanidine groups is 1. The monoisotopic (exact) mass is 321 g/mol. The second-order valence-electron chi connectivity index (χ2n) is 5.87. The van der Waals surface area contributed by atoms with Gasteiger partial charge in [-0.05, 0) is 30.0 Å². The first-order chi connectivity index (χ1) is 11.0. The van der Waals surface area contributed by atoms with Gasteiger partial charge in [0.25, 0.3) is 0 Å². The number of carbonyl (C=O) groups is 1. The van der Waals surface area contributed by atoms with Gasteiger partial charge in [-0.3, -0.25) is 9.79 Å². The second kappa shape index (κ2) is 7.94. The maximum atomic E-state index is 13.2.